The van der Waals surface area contributed by atoms with Gasteiger partial charge in [0.15, 0.2) is 0 Å². The fraction of sp³-hybridized carbons (Fsp3) is 0.867. The molecular formula is C15H31NO11. The zero-order valence-electron chi connectivity index (χ0n) is 15.1. The fourth-order valence-corrected chi connectivity index (χ4v) is 1.45. The smallest absolute Gasteiger partial charge is 0.414 e. The van der Waals surface area contributed by atoms with Crippen molar-refractivity contribution in [3.05, 3.63) is 0 Å². The van der Waals surface area contributed by atoms with Gasteiger partial charge >= 0.3 is 6.09 Å². The average molecular weight is 401 g/mol. The minimum Gasteiger partial charge on any atom is -0.465 e. The van der Waals surface area contributed by atoms with E-state index in [1.807, 2.05) is 0 Å². The third-order valence-corrected chi connectivity index (χ3v) is 3.99. The molecule has 162 valence electrons. The molecule has 1 rings (SSSR count). The first-order valence-electron chi connectivity index (χ1n) is 8.11. The monoisotopic (exact) mass is 401 g/mol. The highest BCUT2D eigenvalue weighted by Crippen LogP contribution is 2.12. The molecule has 9 N–H and O–H groups in total. The van der Waals surface area contributed by atoms with E-state index in [0.29, 0.717) is 19.4 Å². The summed E-state index contributed by atoms with van der Waals surface area (Å²) in [6.45, 7) is -2.88. The van der Waals surface area contributed by atoms with Gasteiger partial charge in [-0.3, -0.25) is 4.79 Å². The largest absolute Gasteiger partial charge is 0.465 e. The van der Waals surface area contributed by atoms with Crippen LogP contribution in [0.2, 0.25) is 0 Å². The maximum atomic E-state index is 10.6. The highest BCUT2D eigenvalue weighted by atomic mass is 16.4. The van der Waals surface area contributed by atoms with E-state index in [1.54, 1.807) is 0 Å². The Morgan fingerprint density at radius 3 is 1.11 bits per heavy atom. The quantitative estimate of drug-likeness (QED) is 0.192. The number of hydrogen-bond acceptors (Lipinski definition) is 10. The number of carbonyl (C=O) groups excluding carboxylic acids is 1. The summed E-state index contributed by atoms with van der Waals surface area (Å²) in [5.74, 6) is -0.275. The Morgan fingerprint density at radius 2 is 1.04 bits per heavy atom. The molecule has 1 fully saturated rings. The number of hydrogen-bond donors (Lipinski definition) is 9. The Bertz CT molecular complexity index is 356. The molecular weight excluding hydrogens is 370 g/mol. The summed E-state index contributed by atoms with van der Waals surface area (Å²) in [5, 5.41) is 76.3. The normalized spacial score (nSPS) is 14.2. The first-order chi connectivity index (χ1) is 12.7. The average Bonchev–Trinajstić information content (AvgIpc) is 3.14. The molecule has 0 radical (unpaired) electrons. The van der Waals surface area contributed by atoms with Crippen LogP contribution in [0.1, 0.15) is 12.8 Å². The van der Waals surface area contributed by atoms with Gasteiger partial charge < -0.3 is 46.0 Å². The zero-order chi connectivity index (χ0) is 21.5. The lowest BCUT2D eigenvalue weighted by Crippen LogP contribution is -2.37. The molecule has 1 saturated heterocycles. The van der Waals surface area contributed by atoms with Crippen molar-refractivity contribution in [2.75, 3.05) is 59.4 Å². The number of rotatable bonds is 8. The van der Waals surface area contributed by atoms with Crippen molar-refractivity contribution in [3.8, 4) is 0 Å². The fourth-order valence-electron chi connectivity index (χ4n) is 1.45. The molecule has 0 unspecified atom stereocenters. The van der Waals surface area contributed by atoms with Crippen LogP contribution in [-0.4, -0.2) is 122 Å². The van der Waals surface area contributed by atoms with Crippen molar-refractivity contribution in [1.29, 1.82) is 0 Å². The molecule has 27 heavy (non-hydrogen) atoms. The topological polar surface area (TPSA) is 219 Å². The van der Waals surface area contributed by atoms with E-state index in [1.165, 1.54) is 0 Å². The van der Waals surface area contributed by atoms with Crippen LogP contribution >= 0.6 is 0 Å². The Balaban J connectivity index is 0. The van der Waals surface area contributed by atoms with Crippen molar-refractivity contribution in [1.82, 2.24) is 4.90 Å². The van der Waals surface area contributed by atoms with Crippen molar-refractivity contribution in [2.45, 2.75) is 12.8 Å². The van der Waals surface area contributed by atoms with Gasteiger partial charge in [-0.05, 0) is 6.42 Å². The van der Waals surface area contributed by atoms with Gasteiger partial charge in [-0.1, -0.05) is 0 Å². The summed E-state index contributed by atoms with van der Waals surface area (Å²) in [7, 11) is 0. The van der Waals surface area contributed by atoms with Gasteiger partial charge in [-0.2, -0.15) is 0 Å². The summed E-state index contributed by atoms with van der Waals surface area (Å²) in [4.78, 5) is 21.5. The number of nitrogens with zero attached hydrogens (tertiary/aromatic N) is 1. The predicted molar refractivity (Wildman–Crippen MR) is 90.5 cm³/mol. The van der Waals surface area contributed by atoms with Crippen LogP contribution in [0.15, 0.2) is 0 Å². The van der Waals surface area contributed by atoms with E-state index in [4.69, 9.17) is 46.0 Å². The van der Waals surface area contributed by atoms with Gasteiger partial charge in [0.2, 0.25) is 5.91 Å². The van der Waals surface area contributed by atoms with Crippen LogP contribution in [-0.2, 0) is 4.79 Å². The van der Waals surface area contributed by atoms with E-state index < -0.39 is 69.8 Å². The van der Waals surface area contributed by atoms with Crippen LogP contribution in [0.3, 0.4) is 0 Å². The molecule has 0 aliphatic carbocycles. The van der Waals surface area contributed by atoms with Gasteiger partial charge in [-0.25, -0.2) is 9.69 Å². The van der Waals surface area contributed by atoms with E-state index in [2.05, 4.69) is 0 Å². The number of aliphatic hydroxyl groups is 8. The van der Waals surface area contributed by atoms with Gasteiger partial charge in [0, 0.05) is 13.0 Å². The van der Waals surface area contributed by atoms with E-state index in [0.717, 1.165) is 4.90 Å². The summed E-state index contributed by atoms with van der Waals surface area (Å²) < 4.78 is 0. The number of carboxylic acid groups (broad SMARTS) is 1. The second-order valence-corrected chi connectivity index (χ2v) is 6.20. The van der Waals surface area contributed by atoms with E-state index in [-0.39, 0.29) is 5.91 Å². The SMILES string of the molecule is O=C(O)N1CCCC1=O.OCC(CO)(CO)CO.OCC(CO)(CO)CO. The van der Waals surface area contributed by atoms with Crippen molar-refractivity contribution < 1.29 is 55.5 Å². The Kier molecular flexibility index (Phi) is 15.1. The Hall–Kier alpha value is -1.38. The van der Waals surface area contributed by atoms with E-state index in [9.17, 15) is 9.59 Å². The second-order valence-electron chi connectivity index (χ2n) is 6.20. The first kappa shape index (κ1) is 27.8. The lowest BCUT2D eigenvalue weighted by Gasteiger charge is -2.23. The number of likely N-dealkylation sites (tertiary alicyclic amines) is 1. The molecule has 0 aromatic heterocycles. The third kappa shape index (κ3) is 9.39. The summed E-state index contributed by atoms with van der Waals surface area (Å²) >= 11 is 0. The molecule has 0 saturated carbocycles. The van der Waals surface area contributed by atoms with E-state index >= 15 is 0 Å². The zero-order valence-corrected chi connectivity index (χ0v) is 15.1. The van der Waals surface area contributed by atoms with Gasteiger partial charge in [-0.15, -0.1) is 0 Å². The van der Waals surface area contributed by atoms with Gasteiger partial charge in [0.25, 0.3) is 0 Å². The summed E-state index contributed by atoms with van der Waals surface area (Å²) in [6, 6.07) is 0. The molecule has 0 aromatic rings. The van der Waals surface area contributed by atoms with Crippen molar-refractivity contribution in [3.63, 3.8) is 0 Å². The highest BCUT2D eigenvalue weighted by molar-refractivity contribution is 5.92. The summed E-state index contributed by atoms with van der Waals surface area (Å²) in [5.41, 5.74) is -2.22. The molecule has 1 heterocycles. The molecule has 1 aliphatic heterocycles. The molecule has 0 bridgehead atoms. The van der Waals surface area contributed by atoms with Crippen LogP contribution in [0.5, 0.6) is 0 Å². The number of carbonyl (C=O) groups is 2. The minimum atomic E-state index is -1.13. The molecule has 0 spiro atoms. The number of amides is 2. The second kappa shape index (κ2) is 14.6. The van der Waals surface area contributed by atoms with Crippen LogP contribution in [0, 0.1) is 10.8 Å². The molecule has 12 heteroatoms. The molecule has 1 aliphatic rings. The molecule has 0 atom stereocenters. The third-order valence-electron chi connectivity index (χ3n) is 3.99. The number of imide groups is 1. The number of aliphatic hydroxyl groups excluding tert-OH is 8. The van der Waals surface area contributed by atoms with Crippen molar-refractivity contribution in [2.24, 2.45) is 10.8 Å². The highest BCUT2D eigenvalue weighted by Gasteiger charge is 2.27. The lowest BCUT2D eigenvalue weighted by molar-refractivity contribution is -0.125. The molecule has 2 amide bonds. The maximum Gasteiger partial charge on any atom is 0.414 e. The molecule has 0 aromatic carbocycles. The minimum absolute atomic E-state index is 0.275. The van der Waals surface area contributed by atoms with Gasteiger partial charge in [0.1, 0.15) is 0 Å². The van der Waals surface area contributed by atoms with Gasteiger partial charge in [0.05, 0.1) is 63.7 Å². The first-order valence-corrected chi connectivity index (χ1v) is 8.11. The van der Waals surface area contributed by atoms with Crippen LogP contribution in [0.4, 0.5) is 4.79 Å². The standard InChI is InChI=1S/C5H7NO3.2C5H12O4/c7-4-2-1-3-6(4)5(8)9;2*6-1-5(2-7,3-8)4-9/h1-3H2,(H,8,9);2*6-9H,1-4H2. The predicted octanol–water partition coefficient (Wildman–Crippen LogP) is -3.83. The van der Waals surface area contributed by atoms with Crippen LogP contribution in [0.25, 0.3) is 0 Å². The van der Waals surface area contributed by atoms with Crippen LogP contribution < -0.4 is 0 Å². The maximum absolute atomic E-state index is 10.6. The lowest BCUT2D eigenvalue weighted by atomic mass is 9.93. The Morgan fingerprint density at radius 1 is 0.741 bits per heavy atom. The van der Waals surface area contributed by atoms with Crippen molar-refractivity contribution >= 4 is 12.0 Å². The Labute approximate surface area is 156 Å². The summed E-state index contributed by atoms with van der Waals surface area (Å²) in [6.07, 6.45) is -0.0743. The molecule has 12 nitrogen and oxygen atoms in total.